The molecule has 1 amide bonds. The summed E-state index contributed by atoms with van der Waals surface area (Å²) < 4.78 is 5.77. The molecule has 3 rings (SSSR count). The Balaban J connectivity index is 1.50. The molecule has 2 aromatic carbocycles. The Hall–Kier alpha value is -2.41. The van der Waals surface area contributed by atoms with Gasteiger partial charge in [-0.1, -0.05) is 18.2 Å². The summed E-state index contributed by atoms with van der Waals surface area (Å²) in [6.45, 7) is 6.24. The zero-order valence-corrected chi connectivity index (χ0v) is 15.7. The Bertz CT molecular complexity index is 713. The topological polar surface area (TPSA) is 65.0 Å². The van der Waals surface area contributed by atoms with Crippen LogP contribution >= 0.6 is 0 Å². The quantitative estimate of drug-likeness (QED) is 0.785. The van der Waals surface area contributed by atoms with Crippen molar-refractivity contribution in [3.05, 3.63) is 54.6 Å². The summed E-state index contributed by atoms with van der Waals surface area (Å²) >= 11 is 0. The molecule has 144 valence electrons. The summed E-state index contributed by atoms with van der Waals surface area (Å²) in [4.78, 5) is 16.9. The van der Waals surface area contributed by atoms with Crippen LogP contribution in [0.3, 0.4) is 0 Å². The van der Waals surface area contributed by atoms with E-state index in [4.69, 9.17) is 9.84 Å². The molecule has 0 spiro atoms. The first-order valence-electron chi connectivity index (χ1n) is 9.37. The van der Waals surface area contributed by atoms with E-state index in [0.29, 0.717) is 6.54 Å². The highest BCUT2D eigenvalue weighted by Crippen LogP contribution is 2.22. The van der Waals surface area contributed by atoms with E-state index in [1.54, 1.807) is 0 Å². The summed E-state index contributed by atoms with van der Waals surface area (Å²) in [6.07, 6.45) is 0. The molecular weight excluding hydrogens is 342 g/mol. The highest BCUT2D eigenvalue weighted by molar-refractivity contribution is 5.94. The lowest BCUT2D eigenvalue weighted by Crippen LogP contribution is -2.53. The van der Waals surface area contributed by atoms with Crippen molar-refractivity contribution in [3.63, 3.8) is 0 Å². The fraction of sp³-hybridized carbons (Fsp3) is 0.381. The van der Waals surface area contributed by atoms with Gasteiger partial charge in [0, 0.05) is 38.4 Å². The second-order valence-corrected chi connectivity index (χ2v) is 6.71. The smallest absolute Gasteiger partial charge is 0.241 e. The maximum atomic E-state index is 12.6. The molecule has 1 saturated heterocycles. The molecule has 6 nitrogen and oxygen atoms in total. The van der Waals surface area contributed by atoms with Crippen molar-refractivity contribution in [3.8, 4) is 11.5 Å². The number of rotatable bonds is 7. The number of ether oxygens (including phenoxy) is 1. The first kappa shape index (κ1) is 19.4. The van der Waals surface area contributed by atoms with Crippen LogP contribution in [-0.4, -0.2) is 66.2 Å². The van der Waals surface area contributed by atoms with E-state index in [0.717, 1.165) is 43.4 Å². The van der Waals surface area contributed by atoms with Crippen LogP contribution in [0.2, 0.25) is 0 Å². The molecule has 1 atom stereocenters. The second-order valence-electron chi connectivity index (χ2n) is 6.71. The fourth-order valence-electron chi connectivity index (χ4n) is 3.16. The van der Waals surface area contributed by atoms with Gasteiger partial charge in [0.15, 0.2) is 0 Å². The Morgan fingerprint density at radius 3 is 2.30 bits per heavy atom. The Labute approximate surface area is 160 Å². The largest absolute Gasteiger partial charge is 0.457 e. The van der Waals surface area contributed by atoms with Crippen LogP contribution in [-0.2, 0) is 4.79 Å². The standard InChI is InChI=1S/C21H27N3O3/c1-17(24-13-11-23(12-14-24)15-16-25)21(26)22-18-7-9-20(10-8-18)27-19-5-3-2-4-6-19/h2-10,17,25H,11-16H2,1H3,(H,22,26). The normalized spacial score (nSPS) is 16.7. The number of benzene rings is 2. The van der Waals surface area contributed by atoms with Crippen molar-refractivity contribution >= 4 is 11.6 Å². The van der Waals surface area contributed by atoms with Gasteiger partial charge in [0.1, 0.15) is 11.5 Å². The first-order valence-corrected chi connectivity index (χ1v) is 9.37. The predicted molar refractivity (Wildman–Crippen MR) is 106 cm³/mol. The highest BCUT2D eigenvalue weighted by atomic mass is 16.5. The van der Waals surface area contributed by atoms with Gasteiger partial charge < -0.3 is 15.2 Å². The van der Waals surface area contributed by atoms with E-state index in [1.807, 2.05) is 61.5 Å². The summed E-state index contributed by atoms with van der Waals surface area (Å²) in [6, 6.07) is 16.8. The van der Waals surface area contributed by atoms with E-state index in [1.165, 1.54) is 0 Å². The molecule has 0 saturated carbocycles. The van der Waals surface area contributed by atoms with Crippen LogP contribution in [0.5, 0.6) is 11.5 Å². The van der Waals surface area contributed by atoms with E-state index < -0.39 is 0 Å². The van der Waals surface area contributed by atoms with Crippen LogP contribution in [0.4, 0.5) is 5.69 Å². The minimum Gasteiger partial charge on any atom is -0.457 e. The number of aliphatic hydroxyl groups is 1. The van der Waals surface area contributed by atoms with Gasteiger partial charge in [-0.3, -0.25) is 14.6 Å². The fourth-order valence-corrected chi connectivity index (χ4v) is 3.16. The number of anilines is 1. The van der Waals surface area contributed by atoms with Crippen LogP contribution in [0.15, 0.2) is 54.6 Å². The molecule has 1 fully saturated rings. The molecule has 2 N–H and O–H groups in total. The van der Waals surface area contributed by atoms with Crippen molar-refractivity contribution in [2.45, 2.75) is 13.0 Å². The number of nitrogens with one attached hydrogen (secondary N) is 1. The number of β-amino-alcohol motifs (C(OH)–C–C–N with tert-alkyl or cyclic N) is 1. The molecular formula is C21H27N3O3. The lowest BCUT2D eigenvalue weighted by Gasteiger charge is -2.37. The summed E-state index contributed by atoms with van der Waals surface area (Å²) in [5, 5.41) is 12.0. The number of hydrogen-bond acceptors (Lipinski definition) is 5. The number of carbonyl (C=O) groups is 1. The number of nitrogens with zero attached hydrogens (tertiary/aromatic N) is 2. The lowest BCUT2D eigenvalue weighted by atomic mass is 10.2. The van der Waals surface area contributed by atoms with Gasteiger partial charge in [-0.05, 0) is 43.3 Å². The van der Waals surface area contributed by atoms with Crippen LogP contribution in [0.1, 0.15) is 6.92 Å². The molecule has 1 unspecified atom stereocenters. The number of para-hydroxylation sites is 1. The average Bonchev–Trinajstić information content (AvgIpc) is 2.70. The highest BCUT2D eigenvalue weighted by Gasteiger charge is 2.25. The summed E-state index contributed by atoms with van der Waals surface area (Å²) in [7, 11) is 0. The molecule has 1 aliphatic heterocycles. The van der Waals surface area contributed by atoms with Crippen LogP contribution in [0.25, 0.3) is 0 Å². The Morgan fingerprint density at radius 2 is 1.67 bits per heavy atom. The van der Waals surface area contributed by atoms with Crippen molar-refractivity contribution < 1.29 is 14.6 Å². The third-order valence-corrected chi connectivity index (χ3v) is 4.85. The minimum atomic E-state index is -0.193. The van der Waals surface area contributed by atoms with E-state index in [-0.39, 0.29) is 18.6 Å². The molecule has 2 aromatic rings. The maximum Gasteiger partial charge on any atom is 0.241 e. The molecule has 27 heavy (non-hydrogen) atoms. The Morgan fingerprint density at radius 1 is 1.04 bits per heavy atom. The predicted octanol–water partition coefficient (Wildman–Crippen LogP) is 2.42. The van der Waals surface area contributed by atoms with Crippen molar-refractivity contribution in [2.24, 2.45) is 0 Å². The number of piperazine rings is 1. The second kappa shape index (κ2) is 9.50. The molecule has 0 aromatic heterocycles. The van der Waals surface area contributed by atoms with Gasteiger partial charge in [-0.15, -0.1) is 0 Å². The van der Waals surface area contributed by atoms with Gasteiger partial charge >= 0.3 is 0 Å². The van der Waals surface area contributed by atoms with Gasteiger partial charge in [-0.25, -0.2) is 0 Å². The number of carbonyl (C=O) groups excluding carboxylic acids is 1. The molecule has 0 bridgehead atoms. The van der Waals surface area contributed by atoms with Crippen molar-refractivity contribution in [1.29, 1.82) is 0 Å². The van der Waals surface area contributed by atoms with Crippen LogP contribution in [0, 0.1) is 0 Å². The third-order valence-electron chi connectivity index (χ3n) is 4.85. The molecule has 0 aliphatic carbocycles. The van der Waals surface area contributed by atoms with Gasteiger partial charge in [-0.2, -0.15) is 0 Å². The zero-order chi connectivity index (χ0) is 19.1. The van der Waals surface area contributed by atoms with Gasteiger partial charge in [0.05, 0.1) is 12.6 Å². The minimum absolute atomic E-state index is 0.0117. The van der Waals surface area contributed by atoms with E-state index in [9.17, 15) is 4.79 Å². The van der Waals surface area contributed by atoms with Gasteiger partial charge in [0.2, 0.25) is 5.91 Å². The van der Waals surface area contributed by atoms with Crippen molar-refractivity contribution in [2.75, 3.05) is 44.6 Å². The third kappa shape index (κ3) is 5.53. The summed E-state index contributed by atoms with van der Waals surface area (Å²) in [5.41, 5.74) is 0.756. The van der Waals surface area contributed by atoms with Crippen molar-refractivity contribution in [1.82, 2.24) is 9.80 Å². The molecule has 0 radical (unpaired) electrons. The number of amides is 1. The first-order chi connectivity index (χ1) is 13.2. The SMILES string of the molecule is CC(C(=O)Nc1ccc(Oc2ccccc2)cc1)N1CCN(CCO)CC1. The molecule has 1 aliphatic rings. The van der Waals surface area contributed by atoms with Gasteiger partial charge in [0.25, 0.3) is 0 Å². The number of hydrogen-bond donors (Lipinski definition) is 2. The zero-order valence-electron chi connectivity index (χ0n) is 15.7. The van der Waals surface area contributed by atoms with E-state index >= 15 is 0 Å². The molecule has 6 heteroatoms. The monoisotopic (exact) mass is 369 g/mol. The lowest BCUT2D eigenvalue weighted by molar-refractivity contribution is -0.121. The van der Waals surface area contributed by atoms with Crippen LogP contribution < -0.4 is 10.1 Å². The Kier molecular flexibility index (Phi) is 6.81. The average molecular weight is 369 g/mol. The maximum absolute atomic E-state index is 12.6. The summed E-state index contributed by atoms with van der Waals surface area (Å²) in [5.74, 6) is 1.50. The number of aliphatic hydroxyl groups excluding tert-OH is 1. The van der Waals surface area contributed by atoms with E-state index in [2.05, 4.69) is 15.1 Å². The molecule has 1 heterocycles.